The highest BCUT2D eigenvalue weighted by Gasteiger charge is 2.14. The Kier molecular flexibility index (Phi) is 3.82. The van der Waals surface area contributed by atoms with Gasteiger partial charge in [-0.15, -0.1) is 10.2 Å². The molecule has 2 aromatic heterocycles. The average molecular weight is 400 g/mol. The van der Waals surface area contributed by atoms with Crippen molar-refractivity contribution in [1.82, 2.24) is 19.8 Å². The molecule has 0 N–H and O–H groups in total. The second-order valence-electron chi connectivity index (χ2n) is 5.58. The van der Waals surface area contributed by atoms with E-state index in [1.165, 1.54) is 11.3 Å². The third-order valence-corrected chi connectivity index (χ3v) is 5.18. The minimum absolute atomic E-state index is 0.753. The molecule has 4 aromatic rings. The molecule has 4 rings (SSSR count). The van der Waals surface area contributed by atoms with Gasteiger partial charge in [-0.2, -0.15) is 9.61 Å². The maximum atomic E-state index is 4.72. The van der Waals surface area contributed by atoms with Crippen LogP contribution in [0.2, 0.25) is 0 Å². The fraction of sp³-hybridized carbons (Fsp3) is 0.118. The molecule has 0 aliphatic rings. The molecule has 0 aliphatic heterocycles. The summed E-state index contributed by atoms with van der Waals surface area (Å²) in [7, 11) is 4.06. The van der Waals surface area contributed by atoms with E-state index < -0.39 is 0 Å². The Morgan fingerprint density at radius 2 is 1.79 bits per heavy atom. The minimum Gasteiger partial charge on any atom is -0.378 e. The van der Waals surface area contributed by atoms with Gasteiger partial charge in [0.05, 0.1) is 0 Å². The van der Waals surface area contributed by atoms with Gasteiger partial charge < -0.3 is 4.90 Å². The van der Waals surface area contributed by atoms with E-state index in [0.29, 0.717) is 0 Å². The Balaban J connectivity index is 1.80. The molecule has 0 saturated heterocycles. The molecule has 0 radical (unpaired) electrons. The first-order valence-corrected chi connectivity index (χ1v) is 8.99. The smallest absolute Gasteiger partial charge is 0.235 e. The minimum atomic E-state index is 0.753. The summed E-state index contributed by atoms with van der Waals surface area (Å²) in [5.74, 6) is 0.753. The largest absolute Gasteiger partial charge is 0.378 e. The highest BCUT2D eigenvalue weighted by Crippen LogP contribution is 2.30. The Hall–Kier alpha value is -2.25. The maximum absolute atomic E-state index is 4.72. The Bertz CT molecular complexity index is 1000. The lowest BCUT2D eigenvalue weighted by Gasteiger charge is -2.12. The Morgan fingerprint density at radius 1 is 1.00 bits per heavy atom. The van der Waals surface area contributed by atoms with Crippen molar-refractivity contribution in [1.29, 1.82) is 0 Å². The van der Waals surface area contributed by atoms with Gasteiger partial charge in [0.25, 0.3) is 0 Å². The van der Waals surface area contributed by atoms with E-state index in [2.05, 4.69) is 49.2 Å². The van der Waals surface area contributed by atoms with Crippen LogP contribution in [0.3, 0.4) is 0 Å². The molecule has 0 unspecified atom stereocenters. The van der Waals surface area contributed by atoms with Crippen LogP contribution in [-0.2, 0) is 0 Å². The lowest BCUT2D eigenvalue weighted by atomic mass is 10.2. The van der Waals surface area contributed by atoms with E-state index in [4.69, 9.17) is 5.10 Å². The normalized spacial score (nSPS) is 11.1. The van der Waals surface area contributed by atoms with Crippen molar-refractivity contribution in [3.63, 3.8) is 0 Å². The lowest BCUT2D eigenvalue weighted by Crippen LogP contribution is -2.08. The van der Waals surface area contributed by atoms with Crippen molar-refractivity contribution in [2.45, 2.75) is 0 Å². The molecular weight excluding hydrogens is 386 g/mol. The zero-order valence-corrected chi connectivity index (χ0v) is 15.5. The van der Waals surface area contributed by atoms with Gasteiger partial charge >= 0.3 is 0 Å². The molecule has 2 aromatic carbocycles. The van der Waals surface area contributed by atoms with Gasteiger partial charge in [-0.05, 0) is 24.3 Å². The quantitative estimate of drug-likeness (QED) is 0.513. The maximum Gasteiger partial charge on any atom is 0.235 e. The second kappa shape index (κ2) is 5.99. The topological polar surface area (TPSA) is 46.3 Å². The Labute approximate surface area is 151 Å². The highest BCUT2D eigenvalue weighted by atomic mass is 79.9. The number of fused-ring (bicyclic) bond motifs is 1. The first kappa shape index (κ1) is 15.3. The average Bonchev–Trinajstić information content (AvgIpc) is 3.16. The van der Waals surface area contributed by atoms with Gasteiger partial charge in [0.1, 0.15) is 5.01 Å². The van der Waals surface area contributed by atoms with Crippen LogP contribution >= 0.6 is 27.3 Å². The number of nitrogens with zero attached hydrogens (tertiary/aromatic N) is 5. The van der Waals surface area contributed by atoms with E-state index >= 15 is 0 Å². The number of benzene rings is 2. The summed E-state index contributed by atoms with van der Waals surface area (Å²) in [6.45, 7) is 0. The molecule has 5 nitrogen and oxygen atoms in total. The van der Waals surface area contributed by atoms with Gasteiger partial charge in [0.2, 0.25) is 4.96 Å². The van der Waals surface area contributed by atoms with E-state index in [1.807, 2.05) is 48.9 Å². The predicted molar refractivity (Wildman–Crippen MR) is 102 cm³/mol. The number of aromatic nitrogens is 4. The molecule has 0 aliphatic carbocycles. The van der Waals surface area contributed by atoms with Crippen LogP contribution in [0.25, 0.3) is 26.9 Å². The molecule has 0 bridgehead atoms. The lowest BCUT2D eigenvalue weighted by molar-refractivity contribution is 0.970. The van der Waals surface area contributed by atoms with Crippen LogP contribution in [0, 0.1) is 0 Å². The van der Waals surface area contributed by atoms with Crippen molar-refractivity contribution in [2.24, 2.45) is 0 Å². The molecule has 24 heavy (non-hydrogen) atoms. The predicted octanol–water partition coefficient (Wildman–Crippen LogP) is 4.35. The third kappa shape index (κ3) is 2.70. The van der Waals surface area contributed by atoms with E-state index in [9.17, 15) is 0 Å². The number of hydrogen-bond donors (Lipinski definition) is 0. The number of halogens is 1. The van der Waals surface area contributed by atoms with Crippen LogP contribution in [-0.4, -0.2) is 33.9 Å². The van der Waals surface area contributed by atoms with Crippen molar-refractivity contribution < 1.29 is 0 Å². The molecule has 120 valence electrons. The molecule has 0 atom stereocenters. The molecular formula is C17H14BrN5S. The highest BCUT2D eigenvalue weighted by molar-refractivity contribution is 9.10. The fourth-order valence-electron chi connectivity index (χ4n) is 2.43. The van der Waals surface area contributed by atoms with Gasteiger partial charge in [-0.3, -0.25) is 0 Å². The van der Waals surface area contributed by atoms with Gasteiger partial charge in [0, 0.05) is 35.4 Å². The van der Waals surface area contributed by atoms with Crippen molar-refractivity contribution in [3.05, 3.63) is 53.0 Å². The summed E-state index contributed by atoms with van der Waals surface area (Å²) >= 11 is 4.99. The molecule has 0 spiro atoms. The van der Waals surface area contributed by atoms with Crippen LogP contribution < -0.4 is 4.90 Å². The van der Waals surface area contributed by atoms with Crippen LogP contribution in [0.1, 0.15) is 0 Å². The zero-order chi connectivity index (χ0) is 16.7. The second-order valence-corrected chi connectivity index (χ2v) is 7.45. The molecule has 7 heteroatoms. The van der Waals surface area contributed by atoms with Crippen molar-refractivity contribution >= 4 is 37.9 Å². The van der Waals surface area contributed by atoms with Crippen LogP contribution in [0.4, 0.5) is 5.69 Å². The van der Waals surface area contributed by atoms with Gasteiger partial charge in [-0.25, -0.2) is 0 Å². The molecule has 0 saturated carbocycles. The zero-order valence-electron chi connectivity index (χ0n) is 13.1. The number of rotatable bonds is 3. The summed E-state index contributed by atoms with van der Waals surface area (Å²) in [6.07, 6.45) is 0. The summed E-state index contributed by atoms with van der Waals surface area (Å²) in [5.41, 5.74) is 3.22. The standard InChI is InChI=1S/C17H14BrN5S/c1-22(2)14-5-3-4-12(10-14)16-21-23-15(19-20-17(23)24-16)11-6-8-13(18)9-7-11/h3-10H,1-2H3. The first-order chi connectivity index (χ1) is 11.6. The molecule has 0 fully saturated rings. The van der Waals surface area contributed by atoms with Gasteiger partial charge in [0.15, 0.2) is 5.82 Å². The summed E-state index contributed by atoms with van der Waals surface area (Å²) < 4.78 is 2.84. The van der Waals surface area contributed by atoms with E-state index in [0.717, 1.165) is 37.1 Å². The number of hydrogen-bond acceptors (Lipinski definition) is 5. The summed E-state index contributed by atoms with van der Waals surface area (Å²) in [5, 5.41) is 14.2. The van der Waals surface area contributed by atoms with E-state index in [-0.39, 0.29) is 0 Å². The van der Waals surface area contributed by atoms with E-state index in [1.54, 1.807) is 0 Å². The third-order valence-electron chi connectivity index (χ3n) is 3.70. The molecule has 0 amide bonds. The van der Waals surface area contributed by atoms with Gasteiger partial charge in [-0.1, -0.05) is 51.5 Å². The van der Waals surface area contributed by atoms with Crippen LogP contribution in [0.5, 0.6) is 0 Å². The summed E-state index contributed by atoms with van der Waals surface area (Å²) in [6, 6.07) is 16.3. The van der Waals surface area contributed by atoms with Crippen molar-refractivity contribution in [2.75, 3.05) is 19.0 Å². The fourth-order valence-corrected chi connectivity index (χ4v) is 3.53. The monoisotopic (exact) mass is 399 g/mol. The Morgan fingerprint density at radius 3 is 2.54 bits per heavy atom. The first-order valence-electron chi connectivity index (χ1n) is 7.38. The SMILES string of the molecule is CN(C)c1cccc(-c2nn3c(-c4ccc(Br)cc4)nnc3s2)c1. The number of anilines is 1. The molecule has 2 heterocycles. The van der Waals surface area contributed by atoms with Crippen LogP contribution in [0.15, 0.2) is 53.0 Å². The summed E-state index contributed by atoms with van der Waals surface area (Å²) in [4.78, 5) is 2.87. The van der Waals surface area contributed by atoms with Crippen molar-refractivity contribution in [3.8, 4) is 22.0 Å².